The van der Waals surface area contributed by atoms with Crippen LogP contribution in [0.5, 0.6) is 0 Å². The smallest absolute Gasteiger partial charge is 0.0647 e. The molecule has 2 heteroatoms. The molecule has 0 atom stereocenters. The minimum atomic E-state index is 0.565. The molecule has 0 aromatic rings. The summed E-state index contributed by atoms with van der Waals surface area (Å²) in [6.07, 6.45) is 7.80. The molecule has 0 rings (SSSR count). The standard InChI is InChI=1S/C9H15ClO/c1-2-3-5-8-11-9-6-4-7-10/h2,4,6H,1,3,5,7-9H2. The molecule has 0 heterocycles. The first kappa shape index (κ1) is 10.7. The third-order valence-corrected chi connectivity index (χ3v) is 1.34. The van der Waals surface area contributed by atoms with E-state index in [1.807, 2.05) is 18.2 Å². The van der Waals surface area contributed by atoms with Gasteiger partial charge in [-0.25, -0.2) is 0 Å². The van der Waals surface area contributed by atoms with E-state index in [0.29, 0.717) is 12.5 Å². The van der Waals surface area contributed by atoms with Crippen molar-refractivity contribution in [1.82, 2.24) is 0 Å². The fourth-order valence-electron chi connectivity index (χ4n) is 0.612. The van der Waals surface area contributed by atoms with Crippen LogP contribution < -0.4 is 0 Å². The van der Waals surface area contributed by atoms with Gasteiger partial charge in [0.15, 0.2) is 0 Å². The second kappa shape index (κ2) is 9.73. The maximum absolute atomic E-state index is 5.41. The van der Waals surface area contributed by atoms with Crippen LogP contribution in [-0.2, 0) is 4.74 Å². The van der Waals surface area contributed by atoms with E-state index in [1.165, 1.54) is 0 Å². The van der Waals surface area contributed by atoms with E-state index in [4.69, 9.17) is 16.3 Å². The minimum absolute atomic E-state index is 0.565. The lowest BCUT2D eigenvalue weighted by Crippen LogP contribution is -1.93. The van der Waals surface area contributed by atoms with Crippen molar-refractivity contribution in [2.24, 2.45) is 0 Å². The van der Waals surface area contributed by atoms with Gasteiger partial charge in [0.2, 0.25) is 0 Å². The number of unbranched alkanes of at least 4 members (excludes halogenated alkanes) is 1. The van der Waals surface area contributed by atoms with Gasteiger partial charge in [-0.2, -0.15) is 0 Å². The van der Waals surface area contributed by atoms with Gasteiger partial charge in [-0.1, -0.05) is 18.2 Å². The summed E-state index contributed by atoms with van der Waals surface area (Å²) >= 11 is 5.41. The SMILES string of the molecule is C=CCCCOCC=CCCl. The van der Waals surface area contributed by atoms with Crippen molar-refractivity contribution in [3.05, 3.63) is 24.8 Å². The molecule has 0 N–H and O–H groups in total. The first-order valence-electron chi connectivity index (χ1n) is 3.81. The summed E-state index contributed by atoms with van der Waals surface area (Å²) in [5, 5.41) is 0. The largest absolute Gasteiger partial charge is 0.377 e. The highest BCUT2D eigenvalue weighted by Crippen LogP contribution is 1.90. The van der Waals surface area contributed by atoms with Gasteiger partial charge in [0.25, 0.3) is 0 Å². The zero-order valence-electron chi connectivity index (χ0n) is 6.76. The second-order valence-electron chi connectivity index (χ2n) is 2.13. The molecule has 0 spiro atoms. The van der Waals surface area contributed by atoms with E-state index >= 15 is 0 Å². The fraction of sp³-hybridized carbons (Fsp3) is 0.556. The molecule has 0 aromatic heterocycles. The van der Waals surface area contributed by atoms with Crippen LogP contribution >= 0.6 is 11.6 Å². The zero-order valence-corrected chi connectivity index (χ0v) is 7.52. The quantitative estimate of drug-likeness (QED) is 0.328. The van der Waals surface area contributed by atoms with E-state index in [2.05, 4.69) is 6.58 Å². The Morgan fingerprint density at radius 3 is 2.82 bits per heavy atom. The van der Waals surface area contributed by atoms with Gasteiger partial charge in [-0.05, 0) is 12.8 Å². The van der Waals surface area contributed by atoms with Crippen molar-refractivity contribution in [2.75, 3.05) is 19.1 Å². The van der Waals surface area contributed by atoms with Crippen molar-refractivity contribution in [3.63, 3.8) is 0 Å². The van der Waals surface area contributed by atoms with Crippen LogP contribution in [0.15, 0.2) is 24.8 Å². The van der Waals surface area contributed by atoms with Crippen LogP contribution in [0.2, 0.25) is 0 Å². The van der Waals surface area contributed by atoms with Crippen LogP contribution in [0.4, 0.5) is 0 Å². The molecule has 0 fully saturated rings. The van der Waals surface area contributed by atoms with Crippen molar-refractivity contribution in [2.45, 2.75) is 12.8 Å². The van der Waals surface area contributed by atoms with E-state index in [0.717, 1.165) is 19.4 Å². The molecule has 0 amide bonds. The van der Waals surface area contributed by atoms with E-state index < -0.39 is 0 Å². The first-order valence-corrected chi connectivity index (χ1v) is 4.35. The summed E-state index contributed by atoms with van der Waals surface area (Å²) < 4.78 is 5.24. The number of halogens is 1. The molecule has 64 valence electrons. The summed E-state index contributed by atoms with van der Waals surface area (Å²) in [6, 6.07) is 0. The number of allylic oxidation sites excluding steroid dienone is 2. The van der Waals surface area contributed by atoms with Gasteiger partial charge in [0, 0.05) is 12.5 Å². The summed E-state index contributed by atoms with van der Waals surface area (Å²) in [5.74, 6) is 0.565. The lowest BCUT2D eigenvalue weighted by atomic mass is 10.3. The minimum Gasteiger partial charge on any atom is -0.377 e. The molecule has 11 heavy (non-hydrogen) atoms. The molecule has 0 aliphatic rings. The van der Waals surface area contributed by atoms with Crippen LogP contribution in [0.1, 0.15) is 12.8 Å². The zero-order chi connectivity index (χ0) is 8.36. The summed E-state index contributed by atoms with van der Waals surface area (Å²) in [6.45, 7) is 5.10. The molecule has 0 saturated heterocycles. The Bertz CT molecular complexity index is 110. The lowest BCUT2D eigenvalue weighted by molar-refractivity contribution is 0.160. The molecular weight excluding hydrogens is 160 g/mol. The van der Waals surface area contributed by atoms with Gasteiger partial charge in [0.05, 0.1) is 6.61 Å². The molecule has 1 nitrogen and oxygen atoms in total. The average Bonchev–Trinajstić information content (AvgIpc) is 2.03. The van der Waals surface area contributed by atoms with Crippen LogP contribution in [0, 0.1) is 0 Å². The molecular formula is C9H15ClO. The average molecular weight is 175 g/mol. The Morgan fingerprint density at radius 2 is 2.18 bits per heavy atom. The Balaban J connectivity index is 2.90. The van der Waals surface area contributed by atoms with Crippen LogP contribution in [-0.4, -0.2) is 19.1 Å². The highest BCUT2D eigenvalue weighted by molar-refractivity contribution is 6.18. The molecule has 0 radical (unpaired) electrons. The molecule has 0 aliphatic heterocycles. The highest BCUT2D eigenvalue weighted by atomic mass is 35.5. The summed E-state index contributed by atoms with van der Waals surface area (Å²) in [4.78, 5) is 0. The van der Waals surface area contributed by atoms with Crippen molar-refractivity contribution in [1.29, 1.82) is 0 Å². The molecule has 0 saturated carbocycles. The van der Waals surface area contributed by atoms with Crippen LogP contribution in [0.25, 0.3) is 0 Å². The first-order chi connectivity index (χ1) is 5.41. The number of hydrogen-bond acceptors (Lipinski definition) is 1. The monoisotopic (exact) mass is 174 g/mol. The number of alkyl halides is 1. The second-order valence-corrected chi connectivity index (χ2v) is 2.44. The summed E-state index contributed by atoms with van der Waals surface area (Å²) in [5.41, 5.74) is 0. The third-order valence-electron chi connectivity index (χ3n) is 1.17. The van der Waals surface area contributed by atoms with Crippen molar-refractivity contribution in [3.8, 4) is 0 Å². The maximum atomic E-state index is 5.41. The van der Waals surface area contributed by atoms with Gasteiger partial charge in [-0.15, -0.1) is 18.2 Å². The summed E-state index contributed by atoms with van der Waals surface area (Å²) in [7, 11) is 0. The predicted molar refractivity (Wildman–Crippen MR) is 50.1 cm³/mol. The number of rotatable bonds is 7. The van der Waals surface area contributed by atoms with Crippen molar-refractivity contribution < 1.29 is 4.74 Å². The van der Waals surface area contributed by atoms with Crippen LogP contribution in [0.3, 0.4) is 0 Å². The van der Waals surface area contributed by atoms with Gasteiger partial charge in [0.1, 0.15) is 0 Å². The highest BCUT2D eigenvalue weighted by Gasteiger charge is 1.82. The fourth-order valence-corrected chi connectivity index (χ4v) is 0.738. The topological polar surface area (TPSA) is 9.23 Å². The number of ether oxygens (including phenoxy) is 1. The Kier molecular flexibility index (Phi) is 9.49. The van der Waals surface area contributed by atoms with Crippen molar-refractivity contribution >= 4 is 11.6 Å². The van der Waals surface area contributed by atoms with E-state index in [1.54, 1.807) is 0 Å². The third kappa shape index (κ3) is 9.73. The van der Waals surface area contributed by atoms with E-state index in [-0.39, 0.29) is 0 Å². The maximum Gasteiger partial charge on any atom is 0.0647 e. The molecule has 0 bridgehead atoms. The molecule has 0 aromatic carbocycles. The normalized spacial score (nSPS) is 10.6. The number of hydrogen-bond donors (Lipinski definition) is 0. The predicted octanol–water partition coefficient (Wildman–Crippen LogP) is 2.76. The Labute approximate surface area is 73.7 Å². The lowest BCUT2D eigenvalue weighted by Gasteiger charge is -1.97. The Morgan fingerprint density at radius 1 is 1.36 bits per heavy atom. The van der Waals surface area contributed by atoms with Gasteiger partial charge >= 0.3 is 0 Å². The molecule has 0 aliphatic carbocycles. The molecule has 0 unspecified atom stereocenters. The van der Waals surface area contributed by atoms with E-state index in [9.17, 15) is 0 Å². The van der Waals surface area contributed by atoms with Gasteiger partial charge < -0.3 is 4.74 Å². The Hall–Kier alpha value is -0.270. The van der Waals surface area contributed by atoms with Gasteiger partial charge in [-0.3, -0.25) is 0 Å².